The predicted molar refractivity (Wildman–Crippen MR) is 58.3 cm³/mol. The van der Waals surface area contributed by atoms with Crippen LogP contribution in [0.15, 0.2) is 0 Å². The molecule has 0 heterocycles. The van der Waals surface area contributed by atoms with Gasteiger partial charge in [-0.3, -0.25) is 0 Å². The van der Waals surface area contributed by atoms with Gasteiger partial charge in [0.15, 0.2) is 0 Å². The van der Waals surface area contributed by atoms with E-state index in [1.54, 1.807) is 0 Å². The Bertz CT molecular complexity index is 112. The Kier molecular flexibility index (Phi) is 10.8. The highest BCUT2D eigenvalue weighted by Crippen LogP contribution is 1.93. The molecule has 0 rings (SSSR count). The zero-order valence-corrected chi connectivity index (χ0v) is 9.24. The second-order valence-corrected chi connectivity index (χ2v) is 3.32. The molecular formula is C10H24N2O2. The minimum atomic E-state index is 0.108. The van der Waals surface area contributed by atoms with Crippen molar-refractivity contribution in [3.63, 3.8) is 0 Å². The molecule has 0 fully saturated rings. The largest absolute Gasteiger partial charge is 0.394 e. The number of nitrogens with zero attached hydrogens (tertiary/aromatic N) is 1. The zero-order chi connectivity index (χ0) is 10.6. The molecule has 86 valence electrons. The first-order valence-electron chi connectivity index (χ1n) is 5.46. The highest BCUT2D eigenvalue weighted by atomic mass is 16.5. The molecule has 0 saturated heterocycles. The molecule has 0 spiro atoms. The van der Waals surface area contributed by atoms with Crippen molar-refractivity contribution in [2.75, 3.05) is 46.0 Å². The number of ether oxygens (including phenoxy) is 1. The van der Waals surface area contributed by atoms with Gasteiger partial charge in [-0.1, -0.05) is 6.92 Å². The van der Waals surface area contributed by atoms with E-state index in [2.05, 4.69) is 11.8 Å². The van der Waals surface area contributed by atoms with E-state index in [4.69, 9.17) is 15.6 Å². The van der Waals surface area contributed by atoms with Gasteiger partial charge in [-0.05, 0) is 32.5 Å². The van der Waals surface area contributed by atoms with Crippen molar-refractivity contribution in [1.82, 2.24) is 4.90 Å². The molecule has 0 radical (unpaired) electrons. The third-order valence-corrected chi connectivity index (χ3v) is 2.01. The average molecular weight is 204 g/mol. The van der Waals surface area contributed by atoms with E-state index < -0.39 is 0 Å². The number of aliphatic hydroxyl groups is 1. The maximum Gasteiger partial charge on any atom is 0.0698 e. The summed E-state index contributed by atoms with van der Waals surface area (Å²) in [5, 5.41) is 8.52. The van der Waals surface area contributed by atoms with Crippen LogP contribution in [0.5, 0.6) is 0 Å². The minimum Gasteiger partial charge on any atom is -0.394 e. The Morgan fingerprint density at radius 3 is 2.57 bits per heavy atom. The molecule has 0 aromatic heterocycles. The average Bonchev–Trinajstić information content (AvgIpc) is 2.20. The molecule has 4 nitrogen and oxygen atoms in total. The zero-order valence-electron chi connectivity index (χ0n) is 9.24. The van der Waals surface area contributed by atoms with E-state index in [0.717, 1.165) is 39.0 Å². The predicted octanol–water partition coefficient (Wildman–Crippen LogP) is 0.0561. The first kappa shape index (κ1) is 13.8. The van der Waals surface area contributed by atoms with Gasteiger partial charge < -0.3 is 20.5 Å². The van der Waals surface area contributed by atoms with Crippen LogP contribution in [-0.4, -0.2) is 56.0 Å². The first-order chi connectivity index (χ1) is 6.85. The molecule has 14 heavy (non-hydrogen) atoms. The first-order valence-corrected chi connectivity index (χ1v) is 5.46. The van der Waals surface area contributed by atoms with Crippen LogP contribution in [0.2, 0.25) is 0 Å². The fourth-order valence-electron chi connectivity index (χ4n) is 1.33. The molecule has 0 unspecified atom stereocenters. The second-order valence-electron chi connectivity index (χ2n) is 3.32. The molecule has 0 aromatic carbocycles. The Balaban J connectivity index is 3.40. The maximum absolute atomic E-state index is 8.52. The smallest absolute Gasteiger partial charge is 0.0698 e. The fourth-order valence-corrected chi connectivity index (χ4v) is 1.33. The summed E-state index contributed by atoms with van der Waals surface area (Å²) < 4.78 is 5.22. The van der Waals surface area contributed by atoms with E-state index in [1.165, 1.54) is 0 Å². The van der Waals surface area contributed by atoms with Crippen molar-refractivity contribution in [2.24, 2.45) is 5.73 Å². The summed E-state index contributed by atoms with van der Waals surface area (Å²) in [5.41, 5.74) is 5.46. The molecule has 0 saturated carbocycles. The maximum atomic E-state index is 8.52. The second kappa shape index (κ2) is 10.9. The van der Waals surface area contributed by atoms with Gasteiger partial charge in [0.05, 0.1) is 19.8 Å². The molecular weight excluding hydrogens is 180 g/mol. The molecule has 0 amide bonds. The molecule has 0 bridgehead atoms. The van der Waals surface area contributed by atoms with Crippen LogP contribution < -0.4 is 5.73 Å². The van der Waals surface area contributed by atoms with Crippen molar-refractivity contribution < 1.29 is 9.84 Å². The Morgan fingerprint density at radius 1 is 1.21 bits per heavy atom. The standard InChI is InChI=1S/C10H24N2O2/c1-2-5-12(6-3-4-11)7-9-14-10-8-13/h13H,2-11H2,1H3. The van der Waals surface area contributed by atoms with Gasteiger partial charge in [0, 0.05) is 6.54 Å². The number of hydrogen-bond donors (Lipinski definition) is 2. The third kappa shape index (κ3) is 8.44. The lowest BCUT2D eigenvalue weighted by Crippen LogP contribution is -2.30. The molecule has 0 aliphatic heterocycles. The molecule has 3 N–H and O–H groups in total. The monoisotopic (exact) mass is 204 g/mol. The molecule has 4 heteroatoms. The fraction of sp³-hybridized carbons (Fsp3) is 1.00. The van der Waals surface area contributed by atoms with E-state index in [0.29, 0.717) is 13.2 Å². The van der Waals surface area contributed by atoms with E-state index in [-0.39, 0.29) is 6.61 Å². The number of hydrogen-bond acceptors (Lipinski definition) is 4. The van der Waals surface area contributed by atoms with Gasteiger partial charge in [-0.2, -0.15) is 0 Å². The van der Waals surface area contributed by atoms with Gasteiger partial charge in [0.2, 0.25) is 0 Å². The summed E-state index contributed by atoms with van der Waals surface area (Å²) in [7, 11) is 0. The summed E-state index contributed by atoms with van der Waals surface area (Å²) in [5.74, 6) is 0. The quantitative estimate of drug-likeness (QED) is 0.494. The lowest BCUT2D eigenvalue weighted by atomic mass is 10.3. The lowest BCUT2D eigenvalue weighted by molar-refractivity contribution is 0.0734. The Labute approximate surface area is 87.0 Å². The van der Waals surface area contributed by atoms with Crippen LogP contribution in [0.1, 0.15) is 19.8 Å². The van der Waals surface area contributed by atoms with Crippen LogP contribution in [0.25, 0.3) is 0 Å². The summed E-state index contributed by atoms with van der Waals surface area (Å²) in [6.45, 7) is 7.25. The third-order valence-electron chi connectivity index (χ3n) is 2.01. The van der Waals surface area contributed by atoms with Gasteiger partial charge in [-0.15, -0.1) is 0 Å². The minimum absolute atomic E-state index is 0.108. The van der Waals surface area contributed by atoms with Gasteiger partial charge in [-0.25, -0.2) is 0 Å². The summed E-state index contributed by atoms with van der Waals surface area (Å²) in [6, 6.07) is 0. The van der Waals surface area contributed by atoms with Crippen molar-refractivity contribution in [1.29, 1.82) is 0 Å². The number of aliphatic hydroxyl groups excluding tert-OH is 1. The normalized spacial score (nSPS) is 11.1. The molecule has 0 atom stereocenters. The van der Waals surface area contributed by atoms with Crippen LogP contribution in [0, 0.1) is 0 Å². The van der Waals surface area contributed by atoms with Crippen molar-refractivity contribution in [2.45, 2.75) is 19.8 Å². The summed E-state index contributed by atoms with van der Waals surface area (Å²) in [4.78, 5) is 2.35. The van der Waals surface area contributed by atoms with Crippen molar-refractivity contribution >= 4 is 0 Å². The number of nitrogens with two attached hydrogens (primary N) is 1. The summed E-state index contributed by atoms with van der Waals surface area (Å²) in [6.07, 6.45) is 2.20. The highest BCUT2D eigenvalue weighted by molar-refractivity contribution is 4.56. The van der Waals surface area contributed by atoms with Gasteiger partial charge in [0.1, 0.15) is 0 Å². The topological polar surface area (TPSA) is 58.7 Å². The number of rotatable bonds is 10. The molecule has 0 aliphatic carbocycles. The Hall–Kier alpha value is -0.160. The summed E-state index contributed by atoms with van der Waals surface area (Å²) >= 11 is 0. The SMILES string of the molecule is CCCN(CCCN)CCOCCO. The van der Waals surface area contributed by atoms with Crippen molar-refractivity contribution in [3.05, 3.63) is 0 Å². The Morgan fingerprint density at radius 2 is 2.00 bits per heavy atom. The lowest BCUT2D eigenvalue weighted by Gasteiger charge is -2.20. The van der Waals surface area contributed by atoms with E-state index in [9.17, 15) is 0 Å². The van der Waals surface area contributed by atoms with Gasteiger partial charge >= 0.3 is 0 Å². The van der Waals surface area contributed by atoms with Crippen LogP contribution in [0.4, 0.5) is 0 Å². The van der Waals surface area contributed by atoms with E-state index in [1.807, 2.05) is 0 Å². The molecule has 0 aromatic rings. The molecule has 0 aliphatic rings. The van der Waals surface area contributed by atoms with Crippen LogP contribution in [0.3, 0.4) is 0 Å². The highest BCUT2D eigenvalue weighted by Gasteiger charge is 2.02. The van der Waals surface area contributed by atoms with E-state index >= 15 is 0 Å². The van der Waals surface area contributed by atoms with Gasteiger partial charge in [0.25, 0.3) is 0 Å². The van der Waals surface area contributed by atoms with Crippen LogP contribution >= 0.6 is 0 Å². The van der Waals surface area contributed by atoms with Crippen LogP contribution in [-0.2, 0) is 4.74 Å². The van der Waals surface area contributed by atoms with Crippen molar-refractivity contribution in [3.8, 4) is 0 Å².